The van der Waals surface area contributed by atoms with Gasteiger partial charge in [0.25, 0.3) is 10.0 Å². The highest BCUT2D eigenvalue weighted by Crippen LogP contribution is 2.30. The number of sulfonamides is 1. The van der Waals surface area contributed by atoms with Crippen LogP contribution in [0.5, 0.6) is 5.75 Å². The molecule has 2 N–H and O–H groups in total. The number of para-hydroxylation sites is 1. The highest BCUT2D eigenvalue weighted by atomic mass is 32.2. The molecule has 2 heterocycles. The second-order valence-electron chi connectivity index (χ2n) is 9.47. The van der Waals surface area contributed by atoms with Crippen LogP contribution in [-0.4, -0.2) is 31.5 Å². The first-order valence-corrected chi connectivity index (χ1v) is 14.2. The molecule has 0 unspecified atom stereocenters. The quantitative estimate of drug-likeness (QED) is 0.319. The van der Waals surface area contributed by atoms with Gasteiger partial charge in [-0.15, -0.1) is 0 Å². The van der Waals surface area contributed by atoms with Crippen molar-refractivity contribution in [1.29, 1.82) is 0 Å². The van der Waals surface area contributed by atoms with Gasteiger partial charge in [0.15, 0.2) is 0 Å². The van der Waals surface area contributed by atoms with E-state index in [1.807, 2.05) is 80.5 Å². The number of pyridine rings is 1. The van der Waals surface area contributed by atoms with Crippen molar-refractivity contribution in [3.63, 3.8) is 0 Å². The van der Waals surface area contributed by atoms with E-state index in [-0.39, 0.29) is 10.9 Å². The summed E-state index contributed by atoms with van der Waals surface area (Å²) in [5.74, 6) is 0.709. The molecule has 0 amide bonds. The predicted molar refractivity (Wildman–Crippen MR) is 151 cm³/mol. The van der Waals surface area contributed by atoms with Crippen LogP contribution in [0.3, 0.4) is 0 Å². The summed E-state index contributed by atoms with van der Waals surface area (Å²) in [6.45, 7) is 6.32. The van der Waals surface area contributed by atoms with Gasteiger partial charge >= 0.3 is 0 Å². The van der Waals surface area contributed by atoms with E-state index in [4.69, 9.17) is 9.72 Å². The van der Waals surface area contributed by atoms with E-state index < -0.39 is 10.0 Å². The Kier molecular flexibility index (Phi) is 7.10. The Hall–Kier alpha value is -3.88. The van der Waals surface area contributed by atoms with Crippen molar-refractivity contribution >= 4 is 20.9 Å². The average Bonchev–Trinajstić information content (AvgIpc) is 3.17. The van der Waals surface area contributed by atoms with Crippen molar-refractivity contribution in [3.8, 4) is 16.9 Å². The molecule has 1 atom stereocenters. The lowest BCUT2D eigenvalue weighted by Gasteiger charge is -2.16. The van der Waals surface area contributed by atoms with Crippen LogP contribution in [0.25, 0.3) is 22.0 Å². The first-order chi connectivity index (χ1) is 18.3. The maximum atomic E-state index is 13.4. The summed E-state index contributed by atoms with van der Waals surface area (Å²) >= 11 is 0. The number of benzene rings is 3. The second kappa shape index (κ2) is 10.5. The normalized spacial score (nSPS) is 15.8. The third kappa shape index (κ3) is 5.10. The molecule has 7 nitrogen and oxygen atoms in total. The molecule has 4 aromatic rings. The van der Waals surface area contributed by atoms with E-state index >= 15 is 0 Å². The van der Waals surface area contributed by atoms with E-state index in [1.165, 1.54) is 0 Å². The van der Waals surface area contributed by atoms with Crippen LogP contribution in [0.2, 0.25) is 0 Å². The van der Waals surface area contributed by atoms with Crippen molar-refractivity contribution in [2.45, 2.75) is 44.7 Å². The standard InChI is InChI=1S/C30H32N4O3S/c1-5-24-18-23(26-10-6-8-12-28(26)31-24)19-37-25-16-14-22(15-17-25)27-11-7-9-13-29(27)38(35,36)33-30-20(2)32-34(4)21(30)3/h6-18,20,32-33H,5,19H2,1-4H3/t20-/m1/s1. The second-order valence-corrected chi connectivity index (χ2v) is 11.1. The molecule has 196 valence electrons. The Morgan fingerprint density at radius 3 is 2.45 bits per heavy atom. The number of hydrazine groups is 1. The van der Waals surface area contributed by atoms with E-state index in [2.05, 4.69) is 29.2 Å². The summed E-state index contributed by atoms with van der Waals surface area (Å²) in [5, 5.41) is 2.90. The summed E-state index contributed by atoms with van der Waals surface area (Å²) in [6, 6.07) is 24.6. The molecule has 38 heavy (non-hydrogen) atoms. The van der Waals surface area contributed by atoms with Gasteiger partial charge in [0.1, 0.15) is 12.4 Å². The van der Waals surface area contributed by atoms with Gasteiger partial charge in [0, 0.05) is 35.0 Å². The van der Waals surface area contributed by atoms with Crippen molar-refractivity contribution in [2.75, 3.05) is 7.05 Å². The van der Waals surface area contributed by atoms with Crippen LogP contribution in [0.1, 0.15) is 32.0 Å². The molecule has 5 rings (SSSR count). The molecular formula is C30H32N4O3S. The van der Waals surface area contributed by atoms with Crippen LogP contribution in [-0.2, 0) is 23.1 Å². The fraction of sp³-hybridized carbons (Fsp3) is 0.233. The summed E-state index contributed by atoms with van der Waals surface area (Å²) in [4.78, 5) is 4.94. The van der Waals surface area contributed by atoms with Crippen LogP contribution in [0.4, 0.5) is 0 Å². The monoisotopic (exact) mass is 528 g/mol. The number of hydrogen-bond acceptors (Lipinski definition) is 6. The number of aromatic nitrogens is 1. The van der Waals surface area contributed by atoms with Gasteiger partial charge in [0.05, 0.1) is 22.2 Å². The Labute approximate surface area is 224 Å². The molecule has 3 aromatic carbocycles. The lowest BCUT2D eigenvalue weighted by atomic mass is 10.1. The first kappa shape index (κ1) is 25.8. The van der Waals surface area contributed by atoms with Crippen molar-refractivity contribution in [3.05, 3.63) is 102 Å². The van der Waals surface area contributed by atoms with Gasteiger partial charge in [0.2, 0.25) is 0 Å². The van der Waals surface area contributed by atoms with Gasteiger partial charge in [-0.1, -0.05) is 55.5 Å². The number of hydrogen-bond donors (Lipinski definition) is 2. The van der Waals surface area contributed by atoms with Gasteiger partial charge in [-0.05, 0) is 56.2 Å². The lowest BCUT2D eigenvalue weighted by molar-refractivity contribution is 0.307. The molecule has 1 aliphatic heterocycles. The Morgan fingerprint density at radius 2 is 1.74 bits per heavy atom. The topological polar surface area (TPSA) is 83.6 Å². The fourth-order valence-corrected chi connectivity index (χ4v) is 6.21. The Balaban J connectivity index is 1.38. The number of allylic oxidation sites excluding steroid dienone is 1. The molecule has 0 fully saturated rings. The molecule has 8 heteroatoms. The summed E-state index contributed by atoms with van der Waals surface area (Å²) < 4.78 is 35.8. The number of nitrogens with zero attached hydrogens (tertiary/aromatic N) is 2. The third-order valence-corrected chi connectivity index (χ3v) is 8.33. The average molecular weight is 529 g/mol. The fourth-order valence-electron chi connectivity index (χ4n) is 4.75. The van der Waals surface area contributed by atoms with Gasteiger partial charge in [-0.25, -0.2) is 13.8 Å². The summed E-state index contributed by atoms with van der Waals surface area (Å²) in [6.07, 6.45) is 0.854. The number of ether oxygens (including phenoxy) is 1. The molecular weight excluding hydrogens is 496 g/mol. The number of fused-ring (bicyclic) bond motifs is 1. The van der Waals surface area contributed by atoms with Crippen molar-refractivity contribution in [1.82, 2.24) is 20.1 Å². The maximum absolute atomic E-state index is 13.4. The van der Waals surface area contributed by atoms with Gasteiger partial charge in [-0.2, -0.15) is 0 Å². The minimum absolute atomic E-state index is 0.135. The number of rotatable bonds is 8. The summed E-state index contributed by atoms with van der Waals surface area (Å²) in [5.41, 5.74) is 9.19. The van der Waals surface area contributed by atoms with Crippen LogP contribution in [0.15, 0.2) is 95.2 Å². The molecule has 1 aliphatic rings. The van der Waals surface area contributed by atoms with E-state index in [9.17, 15) is 8.42 Å². The van der Waals surface area contributed by atoms with Gasteiger partial charge in [-0.3, -0.25) is 9.71 Å². The SMILES string of the molecule is CCc1cc(COc2ccc(-c3ccccc3S(=O)(=O)NC3=C(C)N(C)N[C@@H]3C)cc2)c2ccccc2n1. The Bertz CT molecular complexity index is 1610. The van der Waals surface area contributed by atoms with Crippen molar-refractivity contribution < 1.29 is 13.2 Å². The number of nitrogens with one attached hydrogen (secondary N) is 2. The minimum atomic E-state index is -3.81. The van der Waals surface area contributed by atoms with E-state index in [0.29, 0.717) is 23.6 Å². The number of aryl methyl sites for hydroxylation is 1. The first-order valence-electron chi connectivity index (χ1n) is 12.7. The van der Waals surface area contributed by atoms with E-state index in [1.54, 1.807) is 12.1 Å². The highest BCUT2D eigenvalue weighted by Gasteiger charge is 2.28. The zero-order valence-corrected chi connectivity index (χ0v) is 22.8. The van der Waals surface area contributed by atoms with Crippen LogP contribution in [0, 0.1) is 0 Å². The zero-order chi connectivity index (χ0) is 26.9. The van der Waals surface area contributed by atoms with E-state index in [0.717, 1.165) is 39.8 Å². The van der Waals surface area contributed by atoms with Gasteiger partial charge < -0.3 is 9.75 Å². The minimum Gasteiger partial charge on any atom is -0.489 e. The highest BCUT2D eigenvalue weighted by molar-refractivity contribution is 7.89. The zero-order valence-electron chi connectivity index (χ0n) is 22.0. The predicted octanol–water partition coefficient (Wildman–Crippen LogP) is 5.39. The van der Waals surface area contributed by atoms with Crippen molar-refractivity contribution in [2.24, 2.45) is 0 Å². The molecule has 0 spiro atoms. The lowest BCUT2D eigenvalue weighted by Crippen LogP contribution is -2.35. The maximum Gasteiger partial charge on any atom is 0.262 e. The largest absolute Gasteiger partial charge is 0.489 e. The molecule has 1 aromatic heterocycles. The Morgan fingerprint density at radius 1 is 1.03 bits per heavy atom. The molecule has 0 saturated carbocycles. The third-order valence-electron chi connectivity index (χ3n) is 6.91. The molecule has 0 bridgehead atoms. The molecule has 0 aliphatic carbocycles. The molecule has 0 radical (unpaired) electrons. The van der Waals surface area contributed by atoms with Crippen LogP contribution >= 0.6 is 0 Å². The smallest absolute Gasteiger partial charge is 0.262 e. The molecule has 0 saturated heterocycles. The summed E-state index contributed by atoms with van der Waals surface area (Å²) in [7, 11) is -1.94. The van der Waals surface area contributed by atoms with Crippen LogP contribution < -0.4 is 14.9 Å².